The molecule has 0 unspecified atom stereocenters. The summed E-state index contributed by atoms with van der Waals surface area (Å²) in [5, 5.41) is 3.30. The minimum Gasteiger partial charge on any atom is -0.466 e. The summed E-state index contributed by atoms with van der Waals surface area (Å²) >= 11 is 0. The number of nitrogens with one attached hydrogen (secondary N) is 1. The fraction of sp³-hybridized carbons (Fsp3) is 0.600. The van der Waals surface area contributed by atoms with Crippen molar-refractivity contribution in [1.29, 1.82) is 0 Å². The van der Waals surface area contributed by atoms with Crippen LogP contribution in [-0.4, -0.2) is 69.9 Å². The van der Waals surface area contributed by atoms with Crippen LogP contribution in [0.15, 0.2) is 34.2 Å². The number of rotatable bonds is 7. The summed E-state index contributed by atoms with van der Waals surface area (Å²) < 4.78 is 30.7. The third-order valence-electron chi connectivity index (χ3n) is 4.86. The van der Waals surface area contributed by atoms with E-state index in [1.807, 2.05) is 13.8 Å². The van der Waals surface area contributed by atoms with Crippen LogP contribution in [-0.2, 0) is 26.1 Å². The molecule has 1 aromatic carbocycles. The van der Waals surface area contributed by atoms with E-state index in [0.29, 0.717) is 13.2 Å². The average Bonchev–Trinajstić information content (AvgIpc) is 2.71. The number of sulfonamides is 1. The standard InChI is InChI=1S/C20H32N4O4S.HI/c1-5-21-20(24-13-11-17(12-14-24)19(25)28-6-2)22-15-16-7-9-18(10-8-16)29(26,27)23(3)4;/h7-10,17H,5-6,11-15H2,1-4H3,(H,21,22);1H. The van der Waals surface area contributed by atoms with Crippen LogP contribution in [0.5, 0.6) is 0 Å². The Bertz CT molecular complexity index is 805. The number of carbonyl (C=O) groups is 1. The van der Waals surface area contributed by atoms with Crippen molar-refractivity contribution in [3.8, 4) is 0 Å². The molecule has 10 heteroatoms. The number of likely N-dealkylation sites (tertiary alicyclic amines) is 1. The normalized spacial score (nSPS) is 15.6. The van der Waals surface area contributed by atoms with Crippen LogP contribution in [0.1, 0.15) is 32.3 Å². The topological polar surface area (TPSA) is 91.3 Å². The van der Waals surface area contributed by atoms with Crippen LogP contribution in [0.25, 0.3) is 0 Å². The third kappa shape index (κ3) is 7.09. The van der Waals surface area contributed by atoms with Crippen molar-refractivity contribution in [3.63, 3.8) is 0 Å². The Labute approximate surface area is 197 Å². The maximum atomic E-state index is 12.2. The molecule has 1 saturated heterocycles. The van der Waals surface area contributed by atoms with E-state index in [1.54, 1.807) is 24.3 Å². The first-order chi connectivity index (χ1) is 13.8. The highest BCUT2D eigenvalue weighted by Crippen LogP contribution is 2.19. The van der Waals surface area contributed by atoms with Crippen molar-refractivity contribution in [3.05, 3.63) is 29.8 Å². The van der Waals surface area contributed by atoms with Crippen molar-refractivity contribution < 1.29 is 17.9 Å². The van der Waals surface area contributed by atoms with Gasteiger partial charge in [0.2, 0.25) is 10.0 Å². The van der Waals surface area contributed by atoms with Crippen molar-refractivity contribution in [2.24, 2.45) is 10.9 Å². The van der Waals surface area contributed by atoms with E-state index in [0.717, 1.165) is 44.0 Å². The number of piperidine rings is 1. The second kappa shape index (κ2) is 12.5. The van der Waals surface area contributed by atoms with Gasteiger partial charge in [-0.3, -0.25) is 4.79 Å². The maximum absolute atomic E-state index is 12.2. The van der Waals surface area contributed by atoms with Crippen molar-refractivity contribution in [1.82, 2.24) is 14.5 Å². The number of hydrogen-bond donors (Lipinski definition) is 1. The molecular formula is C20H33IN4O4S. The number of nitrogens with zero attached hydrogens (tertiary/aromatic N) is 3. The van der Waals surface area contributed by atoms with Crippen LogP contribution in [0.4, 0.5) is 0 Å². The van der Waals surface area contributed by atoms with Crippen LogP contribution in [0.2, 0.25) is 0 Å². The number of guanidine groups is 1. The molecule has 0 spiro atoms. The van der Waals surface area contributed by atoms with Crippen molar-refractivity contribution >= 4 is 45.9 Å². The molecule has 0 amide bonds. The molecule has 1 aliphatic heterocycles. The van der Waals surface area contributed by atoms with E-state index in [9.17, 15) is 13.2 Å². The lowest BCUT2D eigenvalue weighted by Gasteiger charge is -2.33. The first-order valence-corrected chi connectivity index (χ1v) is 11.4. The second-order valence-electron chi connectivity index (χ2n) is 7.11. The fourth-order valence-corrected chi connectivity index (χ4v) is 4.06. The number of benzene rings is 1. The van der Waals surface area contributed by atoms with Gasteiger partial charge in [-0.15, -0.1) is 24.0 Å². The smallest absolute Gasteiger partial charge is 0.309 e. The van der Waals surface area contributed by atoms with E-state index in [1.165, 1.54) is 18.4 Å². The Kier molecular flexibility index (Phi) is 11.1. The van der Waals surface area contributed by atoms with E-state index in [2.05, 4.69) is 10.2 Å². The highest BCUT2D eigenvalue weighted by atomic mass is 127. The number of carbonyl (C=O) groups excluding carboxylic acids is 1. The molecule has 0 aliphatic carbocycles. The molecule has 30 heavy (non-hydrogen) atoms. The molecule has 0 atom stereocenters. The van der Waals surface area contributed by atoms with Crippen LogP contribution >= 0.6 is 24.0 Å². The van der Waals surface area contributed by atoms with Crippen LogP contribution in [0, 0.1) is 5.92 Å². The Morgan fingerprint density at radius 2 is 1.80 bits per heavy atom. The molecule has 0 saturated carbocycles. The summed E-state index contributed by atoms with van der Waals surface area (Å²) in [7, 11) is -0.398. The predicted molar refractivity (Wildman–Crippen MR) is 128 cm³/mol. The quantitative estimate of drug-likeness (QED) is 0.242. The van der Waals surface area contributed by atoms with Gasteiger partial charge in [0.25, 0.3) is 0 Å². The third-order valence-corrected chi connectivity index (χ3v) is 6.69. The van der Waals surface area contributed by atoms with Gasteiger partial charge in [0.05, 0.1) is 24.0 Å². The van der Waals surface area contributed by atoms with E-state index in [-0.39, 0.29) is 40.8 Å². The second-order valence-corrected chi connectivity index (χ2v) is 9.27. The number of hydrogen-bond acceptors (Lipinski definition) is 5. The number of esters is 1. The Morgan fingerprint density at radius 1 is 1.20 bits per heavy atom. The highest BCUT2D eigenvalue weighted by Gasteiger charge is 2.27. The monoisotopic (exact) mass is 552 g/mol. The van der Waals surface area contributed by atoms with Crippen LogP contribution < -0.4 is 5.32 Å². The summed E-state index contributed by atoms with van der Waals surface area (Å²) in [5.41, 5.74) is 0.930. The van der Waals surface area contributed by atoms with E-state index >= 15 is 0 Å². The number of ether oxygens (including phenoxy) is 1. The van der Waals surface area contributed by atoms with Crippen molar-refractivity contribution in [2.45, 2.75) is 38.1 Å². The number of halogens is 1. The highest BCUT2D eigenvalue weighted by molar-refractivity contribution is 14.0. The van der Waals surface area contributed by atoms with Gasteiger partial charge in [-0.25, -0.2) is 17.7 Å². The summed E-state index contributed by atoms with van der Waals surface area (Å²) in [5.74, 6) is 0.655. The Balaban J connectivity index is 0.00000450. The van der Waals surface area contributed by atoms with Gasteiger partial charge < -0.3 is 15.0 Å². The van der Waals surface area contributed by atoms with Crippen molar-refractivity contribution in [2.75, 3.05) is 40.3 Å². The molecule has 1 aliphatic rings. The summed E-state index contributed by atoms with van der Waals surface area (Å²) in [6.45, 7) is 6.94. The minimum atomic E-state index is -3.43. The Hall–Kier alpha value is -1.40. The van der Waals surface area contributed by atoms with E-state index < -0.39 is 10.0 Å². The fourth-order valence-electron chi connectivity index (χ4n) is 3.16. The molecule has 1 fully saturated rings. The summed E-state index contributed by atoms with van der Waals surface area (Å²) in [6.07, 6.45) is 1.50. The predicted octanol–water partition coefficient (Wildman–Crippen LogP) is 2.30. The zero-order valence-electron chi connectivity index (χ0n) is 18.1. The zero-order chi connectivity index (χ0) is 21.4. The molecule has 0 aromatic heterocycles. The average molecular weight is 552 g/mol. The molecule has 2 rings (SSSR count). The summed E-state index contributed by atoms with van der Waals surface area (Å²) in [6, 6.07) is 6.79. The number of aliphatic imine (C=N–C) groups is 1. The molecule has 8 nitrogen and oxygen atoms in total. The minimum absolute atomic E-state index is 0. The van der Waals surface area contributed by atoms with Gasteiger partial charge in [0.15, 0.2) is 5.96 Å². The lowest BCUT2D eigenvalue weighted by Crippen LogP contribution is -2.46. The molecule has 0 radical (unpaired) electrons. The lowest BCUT2D eigenvalue weighted by molar-refractivity contribution is -0.149. The summed E-state index contributed by atoms with van der Waals surface area (Å²) in [4.78, 5) is 19.0. The molecule has 0 bridgehead atoms. The molecular weight excluding hydrogens is 519 g/mol. The lowest BCUT2D eigenvalue weighted by atomic mass is 9.97. The van der Waals surface area contributed by atoms with Gasteiger partial charge in [-0.05, 0) is 44.4 Å². The Morgan fingerprint density at radius 3 is 2.30 bits per heavy atom. The molecule has 1 heterocycles. The maximum Gasteiger partial charge on any atom is 0.309 e. The molecule has 1 N–H and O–H groups in total. The first-order valence-electron chi connectivity index (χ1n) is 10.0. The molecule has 170 valence electrons. The van der Waals surface area contributed by atoms with Gasteiger partial charge in [0.1, 0.15) is 0 Å². The van der Waals surface area contributed by atoms with Gasteiger partial charge in [0, 0.05) is 33.7 Å². The van der Waals surface area contributed by atoms with Gasteiger partial charge in [-0.2, -0.15) is 0 Å². The van der Waals surface area contributed by atoms with Gasteiger partial charge in [-0.1, -0.05) is 12.1 Å². The largest absolute Gasteiger partial charge is 0.466 e. The van der Waals surface area contributed by atoms with Gasteiger partial charge >= 0.3 is 5.97 Å². The van der Waals surface area contributed by atoms with Crippen LogP contribution in [0.3, 0.4) is 0 Å². The SMILES string of the molecule is CCNC(=NCc1ccc(S(=O)(=O)N(C)C)cc1)N1CCC(C(=O)OCC)CC1.I. The van der Waals surface area contributed by atoms with E-state index in [4.69, 9.17) is 9.73 Å². The first kappa shape index (κ1) is 26.6. The zero-order valence-corrected chi connectivity index (χ0v) is 21.3. The molecule has 1 aromatic rings.